The van der Waals surface area contributed by atoms with Crippen molar-refractivity contribution >= 4 is 17.9 Å². The largest absolute Gasteiger partial charge is 0.462 e. The van der Waals surface area contributed by atoms with Crippen LogP contribution in [0, 0.1) is 0 Å². The number of ether oxygens (including phenoxy) is 3. The summed E-state index contributed by atoms with van der Waals surface area (Å²) in [5.74, 6) is -0.977. The van der Waals surface area contributed by atoms with E-state index in [4.69, 9.17) is 14.2 Å². The fourth-order valence-corrected chi connectivity index (χ4v) is 6.40. The lowest BCUT2D eigenvalue weighted by atomic mass is 10.1. The predicted molar refractivity (Wildman–Crippen MR) is 265 cm³/mol. The molecule has 6 heteroatoms. The van der Waals surface area contributed by atoms with Gasteiger partial charge in [0.1, 0.15) is 13.2 Å². The first-order chi connectivity index (χ1) is 30.5. The van der Waals surface area contributed by atoms with E-state index in [-0.39, 0.29) is 31.1 Å². The Morgan fingerprint density at radius 2 is 0.645 bits per heavy atom. The molecular weight excluding hydrogens is 769 g/mol. The van der Waals surface area contributed by atoms with Crippen molar-refractivity contribution in [2.75, 3.05) is 13.2 Å². The summed E-state index contributed by atoms with van der Waals surface area (Å²) in [6.45, 7) is 6.36. The average Bonchev–Trinajstić information content (AvgIpc) is 3.27. The molecule has 0 amide bonds. The van der Waals surface area contributed by atoms with Crippen LogP contribution in [0.2, 0.25) is 0 Å². The van der Waals surface area contributed by atoms with Crippen molar-refractivity contribution in [1.82, 2.24) is 0 Å². The third-order valence-electron chi connectivity index (χ3n) is 10.2. The van der Waals surface area contributed by atoms with Gasteiger partial charge in [-0.25, -0.2) is 0 Å². The quantitative estimate of drug-likeness (QED) is 0.0200. The molecule has 350 valence electrons. The number of rotatable bonds is 43. The first-order valence-electron chi connectivity index (χ1n) is 25.0. The summed E-state index contributed by atoms with van der Waals surface area (Å²) in [5, 5.41) is 0. The highest BCUT2D eigenvalue weighted by Gasteiger charge is 2.19. The van der Waals surface area contributed by atoms with Gasteiger partial charge in [-0.2, -0.15) is 0 Å². The summed E-state index contributed by atoms with van der Waals surface area (Å²) in [6.07, 6.45) is 66.3. The van der Waals surface area contributed by atoms with Gasteiger partial charge in [0.25, 0.3) is 0 Å². The third kappa shape index (κ3) is 47.1. The van der Waals surface area contributed by atoms with Crippen LogP contribution in [0.15, 0.2) is 109 Å². The molecule has 0 bridgehead atoms. The van der Waals surface area contributed by atoms with Gasteiger partial charge in [0.05, 0.1) is 0 Å². The van der Waals surface area contributed by atoms with Gasteiger partial charge in [0.2, 0.25) is 0 Å². The number of carbonyl (C=O) groups is 3. The Morgan fingerprint density at radius 1 is 0.339 bits per heavy atom. The fourth-order valence-electron chi connectivity index (χ4n) is 6.40. The Labute approximate surface area is 380 Å². The van der Waals surface area contributed by atoms with Crippen molar-refractivity contribution in [3.05, 3.63) is 109 Å². The molecule has 0 aliphatic carbocycles. The van der Waals surface area contributed by atoms with Crippen molar-refractivity contribution in [1.29, 1.82) is 0 Å². The zero-order valence-electron chi connectivity index (χ0n) is 39.8. The first kappa shape index (κ1) is 58.1. The Morgan fingerprint density at radius 3 is 1.06 bits per heavy atom. The number of allylic oxidation sites excluding steroid dienone is 18. The van der Waals surface area contributed by atoms with E-state index in [1.807, 2.05) is 60.8 Å². The maximum atomic E-state index is 12.8. The second kappa shape index (κ2) is 49.7. The van der Waals surface area contributed by atoms with Crippen molar-refractivity contribution in [2.45, 2.75) is 213 Å². The Bertz CT molecular complexity index is 1310. The monoisotopic (exact) mass is 859 g/mol. The van der Waals surface area contributed by atoms with E-state index in [0.717, 1.165) is 96.3 Å². The van der Waals surface area contributed by atoms with Crippen molar-refractivity contribution in [3.63, 3.8) is 0 Å². The second-order valence-electron chi connectivity index (χ2n) is 16.2. The highest BCUT2D eigenvalue weighted by Crippen LogP contribution is 2.13. The van der Waals surface area contributed by atoms with Gasteiger partial charge in [0.15, 0.2) is 6.10 Å². The molecule has 0 aliphatic rings. The Hall–Kier alpha value is -3.93. The highest BCUT2D eigenvalue weighted by molar-refractivity contribution is 5.71. The SMILES string of the molecule is CC\C=C/C=C\C=C/C=C\C=C\C=C/CCCCCC(=O)OCC(COC(=O)CCCCCCC/C=C\CCCCC)OC(=O)CCCCCCCC/C=C\C=C/CCCCC. The molecule has 0 aromatic rings. The molecule has 0 rings (SSSR count). The van der Waals surface area contributed by atoms with Crippen LogP contribution in [0.5, 0.6) is 0 Å². The van der Waals surface area contributed by atoms with Crippen LogP contribution >= 0.6 is 0 Å². The molecule has 0 aromatic heterocycles. The van der Waals surface area contributed by atoms with Crippen LogP contribution in [0.25, 0.3) is 0 Å². The molecule has 6 nitrogen and oxygen atoms in total. The minimum Gasteiger partial charge on any atom is -0.462 e. The number of hydrogen-bond acceptors (Lipinski definition) is 6. The van der Waals surface area contributed by atoms with E-state index >= 15 is 0 Å². The fraction of sp³-hybridized carbons (Fsp3) is 0.625. The van der Waals surface area contributed by atoms with Crippen LogP contribution in [0.1, 0.15) is 207 Å². The third-order valence-corrected chi connectivity index (χ3v) is 10.2. The van der Waals surface area contributed by atoms with E-state index in [1.165, 1.54) is 70.6 Å². The van der Waals surface area contributed by atoms with Gasteiger partial charge in [-0.1, -0.05) is 207 Å². The molecule has 0 N–H and O–H groups in total. The topological polar surface area (TPSA) is 78.9 Å². The molecule has 0 spiro atoms. The number of unbranched alkanes of at least 4 members (excludes halogenated alkanes) is 20. The van der Waals surface area contributed by atoms with E-state index in [9.17, 15) is 14.4 Å². The molecular formula is C56H90O6. The maximum absolute atomic E-state index is 12.8. The number of carbonyl (C=O) groups excluding carboxylic acids is 3. The van der Waals surface area contributed by atoms with E-state index in [0.29, 0.717) is 19.3 Å². The molecule has 0 saturated heterocycles. The molecule has 0 aromatic carbocycles. The van der Waals surface area contributed by atoms with Crippen molar-refractivity contribution < 1.29 is 28.6 Å². The smallest absolute Gasteiger partial charge is 0.306 e. The van der Waals surface area contributed by atoms with Crippen LogP contribution in [0.4, 0.5) is 0 Å². The highest BCUT2D eigenvalue weighted by atomic mass is 16.6. The van der Waals surface area contributed by atoms with E-state index in [1.54, 1.807) is 0 Å². The van der Waals surface area contributed by atoms with Gasteiger partial charge in [-0.3, -0.25) is 14.4 Å². The molecule has 1 atom stereocenters. The molecule has 1 unspecified atom stereocenters. The van der Waals surface area contributed by atoms with Gasteiger partial charge in [-0.05, 0) is 89.9 Å². The molecule has 0 fully saturated rings. The van der Waals surface area contributed by atoms with Gasteiger partial charge in [-0.15, -0.1) is 0 Å². The van der Waals surface area contributed by atoms with Gasteiger partial charge in [0, 0.05) is 19.3 Å². The lowest BCUT2D eigenvalue weighted by molar-refractivity contribution is -0.167. The van der Waals surface area contributed by atoms with Crippen molar-refractivity contribution in [3.8, 4) is 0 Å². The summed E-state index contributed by atoms with van der Waals surface area (Å²) < 4.78 is 16.7. The van der Waals surface area contributed by atoms with Crippen LogP contribution < -0.4 is 0 Å². The van der Waals surface area contributed by atoms with Gasteiger partial charge >= 0.3 is 17.9 Å². The zero-order chi connectivity index (χ0) is 45.1. The summed E-state index contributed by atoms with van der Waals surface area (Å²) in [5.41, 5.74) is 0. The van der Waals surface area contributed by atoms with Gasteiger partial charge < -0.3 is 14.2 Å². The molecule has 0 heterocycles. The van der Waals surface area contributed by atoms with Crippen LogP contribution in [-0.4, -0.2) is 37.2 Å². The Kier molecular flexibility index (Phi) is 46.6. The van der Waals surface area contributed by atoms with Crippen LogP contribution in [0.3, 0.4) is 0 Å². The summed E-state index contributed by atoms with van der Waals surface area (Å²) in [4.78, 5) is 37.9. The zero-order valence-corrected chi connectivity index (χ0v) is 39.8. The molecule has 62 heavy (non-hydrogen) atoms. The van der Waals surface area contributed by atoms with Crippen molar-refractivity contribution in [2.24, 2.45) is 0 Å². The standard InChI is InChI=1S/C56H90O6/c1-4-7-10-13-16-19-22-25-27-28-30-31-34-37-40-43-46-49-55(58)61-52-53(51-60-54(57)48-45-42-39-36-33-24-21-18-15-12-9-6-3)62-56(59)50-47-44-41-38-35-32-29-26-23-20-17-14-11-8-5-2/h7,10,13,16-23,25-28,30-31,34,53H,4-6,8-9,11-12,14-15,24,29,32-33,35-52H2,1-3H3/b10-7-,16-13-,20-17-,21-18-,22-19-,26-23-,27-25-,30-28+,34-31-. The lowest BCUT2D eigenvalue weighted by Crippen LogP contribution is -2.30. The minimum absolute atomic E-state index is 0.104. The second-order valence-corrected chi connectivity index (χ2v) is 16.2. The maximum Gasteiger partial charge on any atom is 0.306 e. The minimum atomic E-state index is -0.807. The summed E-state index contributed by atoms with van der Waals surface area (Å²) in [6, 6.07) is 0. The predicted octanol–water partition coefficient (Wildman–Crippen LogP) is 16.4. The summed E-state index contributed by atoms with van der Waals surface area (Å²) in [7, 11) is 0. The van der Waals surface area contributed by atoms with E-state index in [2.05, 4.69) is 69.4 Å². The first-order valence-corrected chi connectivity index (χ1v) is 25.0. The molecule has 0 aliphatic heterocycles. The van der Waals surface area contributed by atoms with E-state index < -0.39 is 6.10 Å². The molecule has 0 saturated carbocycles. The van der Waals surface area contributed by atoms with Crippen LogP contribution in [-0.2, 0) is 28.6 Å². The number of hydrogen-bond donors (Lipinski definition) is 0. The molecule has 0 radical (unpaired) electrons. The lowest BCUT2D eigenvalue weighted by Gasteiger charge is -2.18. The number of esters is 3. The average molecular weight is 859 g/mol. The summed E-state index contributed by atoms with van der Waals surface area (Å²) >= 11 is 0. The Balaban J connectivity index is 4.53. The normalized spacial score (nSPS) is 13.0.